The lowest BCUT2D eigenvalue weighted by Crippen LogP contribution is -2.30. The number of hydrogen-bond donors (Lipinski definition) is 1. The molecule has 0 aromatic heterocycles. The third kappa shape index (κ3) is 3.05. The van der Waals surface area contributed by atoms with Crippen molar-refractivity contribution >= 4 is 5.69 Å². The Kier molecular flexibility index (Phi) is 3.93. The van der Waals surface area contributed by atoms with Crippen LogP contribution in [0.5, 0.6) is 0 Å². The molecule has 0 bridgehead atoms. The quantitative estimate of drug-likeness (QED) is 0.651. The van der Waals surface area contributed by atoms with Gasteiger partial charge in [0, 0.05) is 30.8 Å². The van der Waals surface area contributed by atoms with Crippen LogP contribution in [0.1, 0.15) is 17.5 Å². The van der Waals surface area contributed by atoms with Crippen LogP contribution >= 0.6 is 0 Å². The molecule has 1 unspecified atom stereocenters. The maximum absolute atomic E-state index is 10.9. The summed E-state index contributed by atoms with van der Waals surface area (Å²) in [5, 5.41) is 14.3. The van der Waals surface area contributed by atoms with Gasteiger partial charge in [-0.1, -0.05) is 12.1 Å². The first-order chi connectivity index (χ1) is 8.56. The molecule has 1 aromatic rings. The van der Waals surface area contributed by atoms with Crippen molar-refractivity contribution in [2.75, 3.05) is 20.1 Å². The standard InChI is InChI=1S/C13H19N3O2/c1-10-3-4-11(7-13(10)16(17)18)8-14-12-5-6-15(2)9-12/h3-4,7,12,14H,5-6,8-9H2,1-2H3. The number of likely N-dealkylation sites (N-methyl/N-ethyl adjacent to an activating group) is 1. The Morgan fingerprint density at radius 2 is 2.33 bits per heavy atom. The van der Waals surface area contributed by atoms with Gasteiger partial charge in [-0.2, -0.15) is 0 Å². The topological polar surface area (TPSA) is 58.4 Å². The Morgan fingerprint density at radius 1 is 1.56 bits per heavy atom. The Labute approximate surface area is 107 Å². The number of hydrogen-bond acceptors (Lipinski definition) is 4. The van der Waals surface area contributed by atoms with Crippen molar-refractivity contribution in [3.8, 4) is 0 Å². The molecule has 1 aliphatic rings. The monoisotopic (exact) mass is 249 g/mol. The fourth-order valence-corrected chi connectivity index (χ4v) is 2.33. The molecule has 1 N–H and O–H groups in total. The lowest BCUT2D eigenvalue weighted by Gasteiger charge is -2.12. The molecule has 1 heterocycles. The molecule has 1 fully saturated rings. The van der Waals surface area contributed by atoms with E-state index in [1.807, 2.05) is 12.1 Å². The van der Waals surface area contributed by atoms with Gasteiger partial charge in [-0.15, -0.1) is 0 Å². The number of aryl methyl sites for hydroxylation is 1. The number of nitrogens with zero attached hydrogens (tertiary/aromatic N) is 2. The number of nitro benzene ring substituents is 1. The van der Waals surface area contributed by atoms with Crippen molar-refractivity contribution in [3.63, 3.8) is 0 Å². The summed E-state index contributed by atoms with van der Waals surface area (Å²) in [6.45, 7) is 4.63. The van der Waals surface area contributed by atoms with Gasteiger partial charge in [0.2, 0.25) is 0 Å². The minimum Gasteiger partial charge on any atom is -0.309 e. The van der Waals surface area contributed by atoms with Crippen LogP contribution in [0.4, 0.5) is 5.69 Å². The maximum Gasteiger partial charge on any atom is 0.272 e. The van der Waals surface area contributed by atoms with E-state index in [-0.39, 0.29) is 10.6 Å². The summed E-state index contributed by atoms with van der Waals surface area (Å²) < 4.78 is 0. The summed E-state index contributed by atoms with van der Waals surface area (Å²) in [4.78, 5) is 12.8. The highest BCUT2D eigenvalue weighted by atomic mass is 16.6. The molecule has 98 valence electrons. The van der Waals surface area contributed by atoms with Gasteiger partial charge in [0.1, 0.15) is 0 Å². The van der Waals surface area contributed by atoms with Crippen molar-refractivity contribution in [1.82, 2.24) is 10.2 Å². The Morgan fingerprint density at radius 3 is 2.94 bits per heavy atom. The largest absolute Gasteiger partial charge is 0.309 e. The van der Waals surface area contributed by atoms with E-state index in [9.17, 15) is 10.1 Å². The van der Waals surface area contributed by atoms with E-state index in [0.717, 1.165) is 25.1 Å². The van der Waals surface area contributed by atoms with Crippen LogP contribution in [0.3, 0.4) is 0 Å². The molecule has 1 atom stereocenters. The van der Waals surface area contributed by atoms with Gasteiger partial charge in [-0.05, 0) is 32.5 Å². The van der Waals surface area contributed by atoms with Gasteiger partial charge >= 0.3 is 0 Å². The molecule has 0 amide bonds. The van der Waals surface area contributed by atoms with Crippen LogP contribution in [0, 0.1) is 17.0 Å². The fourth-order valence-electron chi connectivity index (χ4n) is 2.33. The molecule has 5 heteroatoms. The zero-order valence-electron chi connectivity index (χ0n) is 10.8. The molecule has 5 nitrogen and oxygen atoms in total. The highest BCUT2D eigenvalue weighted by Crippen LogP contribution is 2.19. The summed E-state index contributed by atoms with van der Waals surface area (Å²) in [6, 6.07) is 5.93. The lowest BCUT2D eigenvalue weighted by molar-refractivity contribution is -0.385. The van der Waals surface area contributed by atoms with Gasteiger partial charge in [-0.25, -0.2) is 0 Å². The minimum atomic E-state index is -0.317. The Bertz CT molecular complexity index is 448. The average molecular weight is 249 g/mol. The Balaban J connectivity index is 1.97. The van der Waals surface area contributed by atoms with E-state index < -0.39 is 0 Å². The second-order valence-corrected chi connectivity index (χ2v) is 5.01. The third-order valence-corrected chi connectivity index (χ3v) is 3.46. The van der Waals surface area contributed by atoms with E-state index in [0.29, 0.717) is 18.2 Å². The molecule has 1 saturated heterocycles. The summed E-state index contributed by atoms with van der Waals surface area (Å²) in [5.74, 6) is 0. The molecule has 18 heavy (non-hydrogen) atoms. The normalized spacial score (nSPS) is 20.2. The number of nitrogens with one attached hydrogen (secondary N) is 1. The van der Waals surface area contributed by atoms with Crippen molar-refractivity contribution in [3.05, 3.63) is 39.4 Å². The van der Waals surface area contributed by atoms with Gasteiger partial charge in [0.05, 0.1) is 4.92 Å². The number of rotatable bonds is 4. The van der Waals surface area contributed by atoms with Crippen molar-refractivity contribution in [2.24, 2.45) is 0 Å². The number of benzene rings is 1. The number of nitro groups is 1. The first-order valence-electron chi connectivity index (χ1n) is 6.22. The average Bonchev–Trinajstić information content (AvgIpc) is 2.74. The first-order valence-corrected chi connectivity index (χ1v) is 6.22. The second kappa shape index (κ2) is 5.46. The van der Waals surface area contributed by atoms with E-state index in [1.165, 1.54) is 0 Å². The predicted molar refractivity (Wildman–Crippen MR) is 70.6 cm³/mol. The summed E-state index contributed by atoms with van der Waals surface area (Å²) in [6.07, 6.45) is 1.14. The van der Waals surface area contributed by atoms with Crippen molar-refractivity contribution in [2.45, 2.75) is 25.9 Å². The van der Waals surface area contributed by atoms with E-state index in [2.05, 4.69) is 17.3 Å². The predicted octanol–water partition coefficient (Wildman–Crippen LogP) is 1.70. The van der Waals surface area contributed by atoms with Crippen molar-refractivity contribution < 1.29 is 4.92 Å². The first kappa shape index (κ1) is 13.0. The smallest absolute Gasteiger partial charge is 0.272 e. The third-order valence-electron chi connectivity index (χ3n) is 3.46. The van der Waals surface area contributed by atoms with Gasteiger partial charge < -0.3 is 10.2 Å². The highest BCUT2D eigenvalue weighted by Gasteiger charge is 2.19. The van der Waals surface area contributed by atoms with Gasteiger partial charge in [-0.3, -0.25) is 10.1 Å². The molecule has 0 spiro atoms. The molecule has 0 saturated carbocycles. The van der Waals surface area contributed by atoms with Crippen LogP contribution in [0.25, 0.3) is 0 Å². The van der Waals surface area contributed by atoms with Crippen LogP contribution in [-0.2, 0) is 6.54 Å². The summed E-state index contributed by atoms with van der Waals surface area (Å²) in [7, 11) is 2.11. The Hall–Kier alpha value is -1.46. The molecule has 0 radical (unpaired) electrons. The van der Waals surface area contributed by atoms with Crippen LogP contribution in [0.2, 0.25) is 0 Å². The highest BCUT2D eigenvalue weighted by molar-refractivity contribution is 5.42. The molecular formula is C13H19N3O2. The molecule has 1 aliphatic heterocycles. The molecule has 0 aliphatic carbocycles. The summed E-state index contributed by atoms with van der Waals surface area (Å²) in [5.41, 5.74) is 1.89. The second-order valence-electron chi connectivity index (χ2n) is 5.01. The zero-order chi connectivity index (χ0) is 13.1. The van der Waals surface area contributed by atoms with E-state index in [1.54, 1.807) is 13.0 Å². The van der Waals surface area contributed by atoms with Gasteiger partial charge in [0.15, 0.2) is 0 Å². The molecule has 1 aromatic carbocycles. The lowest BCUT2D eigenvalue weighted by atomic mass is 10.1. The van der Waals surface area contributed by atoms with Crippen LogP contribution in [-0.4, -0.2) is 36.0 Å². The SMILES string of the molecule is Cc1ccc(CNC2CCN(C)C2)cc1[N+](=O)[O-]. The molecular weight excluding hydrogens is 230 g/mol. The van der Waals surface area contributed by atoms with Crippen LogP contribution in [0.15, 0.2) is 18.2 Å². The fraction of sp³-hybridized carbons (Fsp3) is 0.538. The van der Waals surface area contributed by atoms with Gasteiger partial charge in [0.25, 0.3) is 5.69 Å². The zero-order valence-corrected chi connectivity index (χ0v) is 10.8. The maximum atomic E-state index is 10.9. The minimum absolute atomic E-state index is 0.206. The van der Waals surface area contributed by atoms with E-state index >= 15 is 0 Å². The van der Waals surface area contributed by atoms with Crippen LogP contribution < -0.4 is 5.32 Å². The van der Waals surface area contributed by atoms with E-state index in [4.69, 9.17) is 0 Å². The summed E-state index contributed by atoms with van der Waals surface area (Å²) >= 11 is 0. The number of likely N-dealkylation sites (tertiary alicyclic amines) is 1. The van der Waals surface area contributed by atoms with Crippen molar-refractivity contribution in [1.29, 1.82) is 0 Å². The molecule has 2 rings (SSSR count).